The van der Waals surface area contributed by atoms with Gasteiger partial charge in [0.05, 0.1) is 18.8 Å². The molecule has 0 aliphatic heterocycles. The predicted octanol–water partition coefficient (Wildman–Crippen LogP) is 0.826. The van der Waals surface area contributed by atoms with Crippen LogP contribution in [0, 0.1) is 0 Å². The molecule has 0 amide bonds. The minimum atomic E-state index is 0.338. The monoisotopic (exact) mass is 240 g/mol. The third-order valence-corrected chi connectivity index (χ3v) is 3.20. The molecule has 5 nitrogen and oxygen atoms in total. The number of aromatic nitrogens is 3. The van der Waals surface area contributed by atoms with Gasteiger partial charge in [0.1, 0.15) is 10.7 Å². The molecule has 0 spiro atoms. The maximum Gasteiger partial charge on any atom is 0.143 e. The normalized spacial score (nSPS) is 16.1. The molecule has 88 valence electrons. The molecule has 2 rings (SSSR count). The Kier molecular flexibility index (Phi) is 3.50. The van der Waals surface area contributed by atoms with Gasteiger partial charge in [0.15, 0.2) is 0 Å². The molecular formula is C10H16N4OS. The molecule has 1 fully saturated rings. The molecule has 1 aromatic heterocycles. The zero-order chi connectivity index (χ0) is 11.5. The minimum absolute atomic E-state index is 0.338. The van der Waals surface area contributed by atoms with Crippen molar-refractivity contribution in [1.29, 1.82) is 0 Å². The van der Waals surface area contributed by atoms with Crippen LogP contribution >= 0.6 is 12.2 Å². The lowest BCUT2D eigenvalue weighted by Gasteiger charge is -2.26. The summed E-state index contributed by atoms with van der Waals surface area (Å²) in [4.78, 5) is 0.338. The summed E-state index contributed by atoms with van der Waals surface area (Å²) in [5.41, 5.74) is 7.44. The van der Waals surface area contributed by atoms with Gasteiger partial charge in [0.25, 0.3) is 0 Å². The van der Waals surface area contributed by atoms with Crippen LogP contribution in [0.1, 0.15) is 36.6 Å². The van der Waals surface area contributed by atoms with E-state index >= 15 is 0 Å². The largest absolute Gasteiger partial charge is 0.388 e. The van der Waals surface area contributed by atoms with Crippen molar-refractivity contribution in [1.82, 2.24) is 15.0 Å². The molecule has 0 unspecified atom stereocenters. The number of rotatable bonds is 5. The van der Waals surface area contributed by atoms with E-state index in [1.807, 2.05) is 4.68 Å². The SMILES string of the molecule is COCCn1nnc(C(N)=S)c1C1CCC1. The molecule has 0 radical (unpaired) electrons. The number of nitrogens with zero attached hydrogens (tertiary/aromatic N) is 3. The fourth-order valence-corrected chi connectivity index (χ4v) is 2.07. The molecule has 0 bridgehead atoms. The predicted molar refractivity (Wildman–Crippen MR) is 64.4 cm³/mol. The molecule has 1 aliphatic carbocycles. The third kappa shape index (κ3) is 2.08. The van der Waals surface area contributed by atoms with E-state index in [1.165, 1.54) is 19.3 Å². The quantitative estimate of drug-likeness (QED) is 0.772. The first-order valence-electron chi connectivity index (χ1n) is 5.46. The lowest BCUT2D eigenvalue weighted by Crippen LogP contribution is -2.21. The van der Waals surface area contributed by atoms with Gasteiger partial charge >= 0.3 is 0 Å². The minimum Gasteiger partial charge on any atom is -0.388 e. The van der Waals surface area contributed by atoms with E-state index in [4.69, 9.17) is 22.7 Å². The molecule has 0 aromatic carbocycles. The average molecular weight is 240 g/mol. The molecule has 2 N–H and O–H groups in total. The molecule has 6 heteroatoms. The van der Waals surface area contributed by atoms with E-state index in [0.717, 1.165) is 5.69 Å². The topological polar surface area (TPSA) is 66.0 Å². The highest BCUT2D eigenvalue weighted by atomic mass is 32.1. The van der Waals surface area contributed by atoms with Gasteiger partial charge in [0, 0.05) is 13.0 Å². The summed E-state index contributed by atoms with van der Waals surface area (Å²) in [5.74, 6) is 0.517. The summed E-state index contributed by atoms with van der Waals surface area (Å²) in [6, 6.07) is 0. The second-order valence-corrected chi connectivity index (χ2v) is 4.47. The zero-order valence-corrected chi connectivity index (χ0v) is 10.2. The molecule has 0 saturated heterocycles. The zero-order valence-electron chi connectivity index (χ0n) is 9.35. The van der Waals surface area contributed by atoms with Crippen molar-refractivity contribution in [3.05, 3.63) is 11.4 Å². The number of methoxy groups -OCH3 is 1. The van der Waals surface area contributed by atoms with E-state index in [2.05, 4.69) is 10.3 Å². The molecule has 0 atom stereocenters. The van der Waals surface area contributed by atoms with Crippen molar-refractivity contribution in [3.8, 4) is 0 Å². The van der Waals surface area contributed by atoms with Crippen LogP contribution in [0.5, 0.6) is 0 Å². The van der Waals surface area contributed by atoms with Crippen LogP contribution in [-0.4, -0.2) is 33.7 Å². The van der Waals surface area contributed by atoms with Gasteiger partial charge in [0.2, 0.25) is 0 Å². The first-order valence-corrected chi connectivity index (χ1v) is 5.87. The highest BCUT2D eigenvalue weighted by Gasteiger charge is 2.28. The molecule has 1 aromatic rings. The number of ether oxygens (including phenoxy) is 1. The van der Waals surface area contributed by atoms with E-state index < -0.39 is 0 Å². The standard InChI is InChI=1S/C10H16N4OS/c1-15-6-5-14-9(7-3-2-4-7)8(10(11)16)12-13-14/h7H,2-6H2,1H3,(H2,11,16). The van der Waals surface area contributed by atoms with Gasteiger partial charge in [-0.2, -0.15) is 0 Å². The second kappa shape index (κ2) is 4.88. The van der Waals surface area contributed by atoms with Gasteiger partial charge in [-0.1, -0.05) is 23.9 Å². The van der Waals surface area contributed by atoms with Crippen LogP contribution in [-0.2, 0) is 11.3 Å². The van der Waals surface area contributed by atoms with E-state index in [0.29, 0.717) is 29.8 Å². The lowest BCUT2D eigenvalue weighted by atomic mass is 9.82. The number of hydrogen-bond acceptors (Lipinski definition) is 4. The summed E-state index contributed by atoms with van der Waals surface area (Å²) < 4.78 is 6.93. The maximum atomic E-state index is 5.66. The van der Waals surface area contributed by atoms with Crippen molar-refractivity contribution in [3.63, 3.8) is 0 Å². The first kappa shape index (κ1) is 11.5. The fraction of sp³-hybridized carbons (Fsp3) is 0.700. The van der Waals surface area contributed by atoms with Crippen molar-refractivity contribution in [2.24, 2.45) is 5.73 Å². The van der Waals surface area contributed by atoms with Crippen LogP contribution in [0.25, 0.3) is 0 Å². The van der Waals surface area contributed by atoms with Crippen molar-refractivity contribution in [2.75, 3.05) is 13.7 Å². The Hall–Kier alpha value is -1.01. The Morgan fingerprint density at radius 1 is 1.62 bits per heavy atom. The highest BCUT2D eigenvalue weighted by Crippen LogP contribution is 2.37. The second-order valence-electron chi connectivity index (χ2n) is 4.03. The van der Waals surface area contributed by atoms with Gasteiger partial charge in [-0.15, -0.1) is 5.10 Å². The van der Waals surface area contributed by atoms with Gasteiger partial charge in [-0.25, -0.2) is 4.68 Å². The summed E-state index contributed by atoms with van der Waals surface area (Å²) in [5, 5.41) is 8.16. The van der Waals surface area contributed by atoms with E-state index in [1.54, 1.807) is 7.11 Å². The summed E-state index contributed by atoms with van der Waals surface area (Å²) in [6.45, 7) is 1.33. The van der Waals surface area contributed by atoms with Crippen molar-refractivity contribution >= 4 is 17.2 Å². The van der Waals surface area contributed by atoms with E-state index in [9.17, 15) is 0 Å². The van der Waals surface area contributed by atoms with Gasteiger partial charge < -0.3 is 10.5 Å². The van der Waals surface area contributed by atoms with Crippen LogP contribution in [0.3, 0.4) is 0 Å². The maximum absolute atomic E-state index is 5.66. The molecule has 1 aliphatic rings. The Balaban J connectivity index is 2.25. The highest BCUT2D eigenvalue weighted by molar-refractivity contribution is 7.80. The number of thiocarbonyl (C=S) groups is 1. The number of hydrogen-bond donors (Lipinski definition) is 1. The van der Waals surface area contributed by atoms with Gasteiger partial charge in [-0.3, -0.25) is 0 Å². The van der Waals surface area contributed by atoms with Crippen LogP contribution in [0.4, 0.5) is 0 Å². The smallest absolute Gasteiger partial charge is 0.143 e. The Labute approximate surface area is 100.0 Å². The number of nitrogens with two attached hydrogens (primary N) is 1. The van der Waals surface area contributed by atoms with E-state index in [-0.39, 0.29) is 0 Å². The van der Waals surface area contributed by atoms with Crippen molar-refractivity contribution in [2.45, 2.75) is 31.7 Å². The molecular weight excluding hydrogens is 224 g/mol. The summed E-state index contributed by atoms with van der Waals surface area (Å²) in [7, 11) is 1.68. The first-order chi connectivity index (χ1) is 7.74. The third-order valence-electron chi connectivity index (χ3n) is 3.01. The summed E-state index contributed by atoms with van der Waals surface area (Å²) in [6.07, 6.45) is 3.61. The Morgan fingerprint density at radius 2 is 2.38 bits per heavy atom. The van der Waals surface area contributed by atoms with Crippen LogP contribution in [0.2, 0.25) is 0 Å². The molecule has 1 saturated carbocycles. The summed E-state index contributed by atoms with van der Waals surface area (Å²) >= 11 is 5.00. The molecule has 1 heterocycles. The Morgan fingerprint density at radius 3 is 2.88 bits per heavy atom. The fourth-order valence-electron chi connectivity index (χ4n) is 1.92. The van der Waals surface area contributed by atoms with Crippen molar-refractivity contribution < 1.29 is 4.74 Å². The van der Waals surface area contributed by atoms with Crippen LogP contribution < -0.4 is 5.73 Å². The average Bonchev–Trinajstić information content (AvgIpc) is 2.56. The van der Waals surface area contributed by atoms with Gasteiger partial charge in [-0.05, 0) is 12.8 Å². The van der Waals surface area contributed by atoms with Crippen LogP contribution in [0.15, 0.2) is 0 Å². The Bertz CT molecular complexity index is 386. The lowest BCUT2D eigenvalue weighted by molar-refractivity contribution is 0.180. The molecule has 16 heavy (non-hydrogen) atoms.